The third-order valence-corrected chi connectivity index (χ3v) is 1.11. The summed E-state index contributed by atoms with van der Waals surface area (Å²) < 4.78 is 5.41. The molecule has 0 aromatic heterocycles. The normalized spacial score (nSPS) is 7.80. The predicted octanol–water partition coefficient (Wildman–Crippen LogP) is 1.38. The highest BCUT2D eigenvalue weighted by molar-refractivity contribution is 14.1. The molecule has 56 valence electrons. The molecule has 10 heavy (non-hydrogen) atoms. The van der Waals surface area contributed by atoms with Gasteiger partial charge in [0.25, 0.3) is 0 Å². The van der Waals surface area contributed by atoms with Crippen molar-refractivity contribution in [1.29, 1.82) is 0 Å². The number of carbonyl (C=O) groups excluding carboxylic acids is 1. The van der Waals surface area contributed by atoms with Gasteiger partial charge in [0, 0.05) is 0 Å². The van der Waals surface area contributed by atoms with Crippen LogP contribution in [-0.4, -0.2) is 17.0 Å². The van der Waals surface area contributed by atoms with Gasteiger partial charge in [-0.25, -0.2) is 0 Å². The Morgan fingerprint density at radius 1 is 1.60 bits per heavy atom. The van der Waals surface area contributed by atoms with Gasteiger partial charge in [0.2, 0.25) is 0 Å². The molecule has 0 spiro atoms. The van der Waals surface area contributed by atoms with E-state index in [9.17, 15) is 4.79 Å². The summed E-state index contributed by atoms with van der Waals surface area (Å²) in [6.45, 7) is 2.22. The summed E-state index contributed by atoms with van der Waals surface area (Å²) in [6.07, 6.45) is 0.219. The molecule has 0 amide bonds. The molecule has 0 aromatic carbocycles. The third-order valence-electron chi connectivity index (χ3n) is 0.730. The Labute approximate surface area is 74.5 Å². The molecule has 2 nitrogen and oxygen atoms in total. The topological polar surface area (TPSA) is 26.3 Å². The first-order chi connectivity index (χ1) is 4.81. The number of alkyl halides is 1. The number of hydrogen-bond acceptors (Lipinski definition) is 2. The van der Waals surface area contributed by atoms with Crippen LogP contribution in [0.5, 0.6) is 0 Å². The first-order valence-electron chi connectivity index (χ1n) is 2.98. The third kappa shape index (κ3) is 5.89. The fourth-order valence-electron chi connectivity index (χ4n) is 0.394. The molecule has 0 aliphatic carbocycles. The van der Waals surface area contributed by atoms with Crippen LogP contribution in [0.15, 0.2) is 0 Å². The Morgan fingerprint density at radius 2 is 2.30 bits per heavy atom. The van der Waals surface area contributed by atoms with Crippen molar-refractivity contribution in [3.63, 3.8) is 0 Å². The molecule has 0 radical (unpaired) electrons. The number of rotatable bonds is 2. The summed E-state index contributed by atoms with van der Waals surface area (Å²) >= 11 is 2.13. The van der Waals surface area contributed by atoms with E-state index < -0.39 is 0 Å². The lowest BCUT2D eigenvalue weighted by Crippen LogP contribution is -2.01. The molecular formula is C7H9IO2. The second-order valence-corrected chi connectivity index (χ2v) is 2.23. The SMILES string of the molecule is CCOC(=O)CC#CCI. The lowest BCUT2D eigenvalue weighted by Gasteiger charge is -1.94. The van der Waals surface area contributed by atoms with E-state index in [1.54, 1.807) is 6.92 Å². The van der Waals surface area contributed by atoms with E-state index in [0.717, 1.165) is 4.43 Å². The fraction of sp³-hybridized carbons (Fsp3) is 0.571. The van der Waals surface area contributed by atoms with Gasteiger partial charge in [-0.15, -0.1) is 0 Å². The molecular weight excluding hydrogens is 243 g/mol. The summed E-state index contributed by atoms with van der Waals surface area (Å²) in [5, 5.41) is 0. The minimum Gasteiger partial charge on any atom is -0.465 e. The van der Waals surface area contributed by atoms with Crippen molar-refractivity contribution in [1.82, 2.24) is 0 Å². The first-order valence-corrected chi connectivity index (χ1v) is 4.51. The van der Waals surface area contributed by atoms with Crippen LogP contribution in [0, 0.1) is 11.8 Å². The number of ether oxygens (including phenoxy) is 1. The van der Waals surface area contributed by atoms with E-state index in [2.05, 4.69) is 39.2 Å². The molecule has 0 bridgehead atoms. The molecule has 0 aliphatic heterocycles. The van der Waals surface area contributed by atoms with Crippen molar-refractivity contribution < 1.29 is 9.53 Å². The molecule has 0 unspecified atom stereocenters. The average Bonchev–Trinajstić information content (AvgIpc) is 1.89. The van der Waals surface area contributed by atoms with Crippen LogP contribution in [-0.2, 0) is 9.53 Å². The fourth-order valence-corrected chi connectivity index (χ4v) is 0.664. The highest BCUT2D eigenvalue weighted by atomic mass is 127. The summed E-state index contributed by atoms with van der Waals surface area (Å²) in [5.41, 5.74) is 0. The minimum atomic E-state index is -0.236. The van der Waals surface area contributed by atoms with Crippen LogP contribution < -0.4 is 0 Å². The van der Waals surface area contributed by atoms with Crippen LogP contribution in [0.1, 0.15) is 13.3 Å². The second kappa shape index (κ2) is 6.87. The van der Waals surface area contributed by atoms with E-state index in [4.69, 9.17) is 0 Å². The Bertz CT molecular complexity index is 155. The van der Waals surface area contributed by atoms with Gasteiger partial charge in [0.05, 0.1) is 11.0 Å². The monoisotopic (exact) mass is 252 g/mol. The molecule has 0 rings (SSSR count). The van der Waals surface area contributed by atoms with Gasteiger partial charge in [-0.1, -0.05) is 34.4 Å². The predicted molar refractivity (Wildman–Crippen MR) is 47.9 cm³/mol. The van der Waals surface area contributed by atoms with Crippen molar-refractivity contribution in [3.05, 3.63) is 0 Å². The largest absolute Gasteiger partial charge is 0.465 e. The van der Waals surface area contributed by atoms with Gasteiger partial charge in [0.15, 0.2) is 0 Å². The molecule has 0 saturated heterocycles. The van der Waals surface area contributed by atoms with E-state index in [0.29, 0.717) is 6.61 Å². The van der Waals surface area contributed by atoms with Gasteiger partial charge in [-0.05, 0) is 6.92 Å². The number of hydrogen-bond donors (Lipinski definition) is 0. The quantitative estimate of drug-likeness (QED) is 0.321. The van der Waals surface area contributed by atoms with Gasteiger partial charge >= 0.3 is 5.97 Å². The number of halogens is 1. The van der Waals surface area contributed by atoms with Crippen LogP contribution in [0.4, 0.5) is 0 Å². The van der Waals surface area contributed by atoms with Crippen molar-refractivity contribution in [2.24, 2.45) is 0 Å². The number of carbonyl (C=O) groups is 1. The van der Waals surface area contributed by atoms with Crippen LogP contribution in [0.25, 0.3) is 0 Å². The maximum absolute atomic E-state index is 10.6. The van der Waals surface area contributed by atoms with Crippen molar-refractivity contribution in [3.8, 4) is 11.8 Å². The highest BCUT2D eigenvalue weighted by Gasteiger charge is 1.94. The maximum atomic E-state index is 10.6. The Morgan fingerprint density at radius 3 is 2.80 bits per heavy atom. The summed E-state index contributed by atoms with van der Waals surface area (Å²) in [4.78, 5) is 10.6. The van der Waals surface area contributed by atoms with E-state index >= 15 is 0 Å². The Balaban J connectivity index is 3.39. The Kier molecular flexibility index (Phi) is 6.71. The zero-order valence-corrected chi connectivity index (χ0v) is 7.97. The van der Waals surface area contributed by atoms with Crippen molar-refractivity contribution >= 4 is 28.6 Å². The second-order valence-electron chi connectivity index (χ2n) is 1.47. The van der Waals surface area contributed by atoms with Gasteiger partial charge in [-0.2, -0.15) is 0 Å². The zero-order valence-electron chi connectivity index (χ0n) is 5.82. The van der Waals surface area contributed by atoms with Crippen LogP contribution >= 0.6 is 22.6 Å². The molecule has 0 heterocycles. The van der Waals surface area contributed by atoms with Gasteiger partial charge in [-0.3, -0.25) is 4.79 Å². The molecule has 0 aliphatic rings. The van der Waals surface area contributed by atoms with E-state index in [-0.39, 0.29) is 12.4 Å². The summed E-state index contributed by atoms with van der Waals surface area (Å²) in [6, 6.07) is 0. The highest BCUT2D eigenvalue weighted by Crippen LogP contribution is 1.84. The Hall–Kier alpha value is -0.240. The number of esters is 1. The van der Waals surface area contributed by atoms with Gasteiger partial charge in [0.1, 0.15) is 6.42 Å². The van der Waals surface area contributed by atoms with E-state index in [1.807, 2.05) is 0 Å². The van der Waals surface area contributed by atoms with E-state index in [1.165, 1.54) is 0 Å². The van der Waals surface area contributed by atoms with Crippen LogP contribution in [0.2, 0.25) is 0 Å². The van der Waals surface area contributed by atoms with Crippen LogP contribution in [0.3, 0.4) is 0 Å². The molecule has 0 fully saturated rings. The lowest BCUT2D eigenvalue weighted by molar-refractivity contribution is -0.141. The van der Waals surface area contributed by atoms with Crippen molar-refractivity contribution in [2.45, 2.75) is 13.3 Å². The lowest BCUT2D eigenvalue weighted by atomic mass is 10.4. The summed E-state index contributed by atoms with van der Waals surface area (Å²) in [5.74, 6) is 5.22. The molecule has 0 aromatic rings. The molecule has 0 saturated carbocycles. The average molecular weight is 252 g/mol. The summed E-state index contributed by atoms with van der Waals surface area (Å²) in [7, 11) is 0. The maximum Gasteiger partial charge on any atom is 0.317 e. The van der Waals surface area contributed by atoms with Crippen molar-refractivity contribution in [2.75, 3.05) is 11.0 Å². The molecule has 3 heteroatoms. The standard InChI is InChI=1S/C7H9IO2/c1-2-10-7(9)5-3-4-6-8/h2,5-6H2,1H3. The minimum absolute atomic E-state index is 0.219. The first kappa shape index (κ1) is 9.76. The van der Waals surface area contributed by atoms with Gasteiger partial charge < -0.3 is 4.74 Å². The molecule has 0 N–H and O–H groups in total. The smallest absolute Gasteiger partial charge is 0.317 e. The zero-order chi connectivity index (χ0) is 7.82. The molecule has 0 atom stereocenters.